The van der Waals surface area contributed by atoms with Gasteiger partial charge in [0.15, 0.2) is 0 Å². The van der Waals surface area contributed by atoms with Crippen LogP contribution in [0.15, 0.2) is 18.2 Å². The first-order valence-corrected chi connectivity index (χ1v) is 5.47. The zero-order chi connectivity index (χ0) is 13.1. The third kappa shape index (κ3) is 4.11. The normalized spacial score (nSPS) is 11.6. The molecule has 3 nitrogen and oxygen atoms in total. The molecule has 0 amide bonds. The zero-order valence-electron chi connectivity index (χ0n) is 10.7. The molecule has 0 aliphatic heterocycles. The van der Waals surface area contributed by atoms with Gasteiger partial charge in [-0.15, -0.1) is 0 Å². The Hall–Kier alpha value is -0.905. The minimum absolute atomic E-state index is 0.238. The molecule has 0 aliphatic rings. The summed E-state index contributed by atoms with van der Waals surface area (Å²) in [6, 6.07) is 4.45. The van der Waals surface area contributed by atoms with Crippen molar-refractivity contribution >= 4 is 12.6 Å². The van der Waals surface area contributed by atoms with Crippen molar-refractivity contribution in [3.8, 4) is 0 Å². The number of aliphatic hydroxyl groups excluding tert-OH is 1. The molecule has 5 heteroatoms. The molecule has 0 radical (unpaired) electrons. The van der Waals surface area contributed by atoms with Gasteiger partial charge in [0.2, 0.25) is 0 Å². The maximum atomic E-state index is 13.2. The Bertz CT molecular complexity index is 377. The first-order chi connectivity index (χ1) is 7.87. The van der Waals surface area contributed by atoms with E-state index < -0.39 is 12.9 Å². The first kappa shape index (κ1) is 14.2. The molecule has 0 aromatic heterocycles. The van der Waals surface area contributed by atoms with Crippen LogP contribution in [0.25, 0.3) is 0 Å². The average Bonchev–Trinajstić information content (AvgIpc) is 2.25. The predicted molar refractivity (Wildman–Crippen MR) is 65.6 cm³/mol. The maximum Gasteiger partial charge on any atom is 0.494 e. The molecule has 0 bridgehead atoms. The highest BCUT2D eigenvalue weighted by atomic mass is 19.1. The van der Waals surface area contributed by atoms with Gasteiger partial charge in [-0.3, -0.25) is 0 Å². The van der Waals surface area contributed by atoms with E-state index in [1.54, 1.807) is 12.1 Å². The number of hydrogen-bond donors (Lipinski definition) is 1. The lowest BCUT2D eigenvalue weighted by molar-refractivity contribution is 0.0982. The molecular weight excluding hydrogens is 222 g/mol. The summed E-state index contributed by atoms with van der Waals surface area (Å²) >= 11 is 0. The van der Waals surface area contributed by atoms with E-state index in [1.165, 1.54) is 13.2 Å². The molecule has 0 fully saturated rings. The van der Waals surface area contributed by atoms with Crippen LogP contribution < -0.4 is 5.46 Å². The van der Waals surface area contributed by atoms with Gasteiger partial charge in [-0.1, -0.05) is 12.1 Å². The molecule has 1 rings (SSSR count). The molecule has 0 heterocycles. The molecule has 1 aromatic carbocycles. The first-order valence-electron chi connectivity index (χ1n) is 5.47. The lowest BCUT2D eigenvalue weighted by atomic mass is 9.77. The molecule has 0 saturated carbocycles. The van der Waals surface area contributed by atoms with E-state index in [2.05, 4.69) is 0 Å². The Balaban J connectivity index is 2.96. The van der Waals surface area contributed by atoms with Crippen LogP contribution in [0.1, 0.15) is 26.3 Å². The quantitative estimate of drug-likeness (QED) is 0.810. The molecule has 0 spiro atoms. The zero-order valence-corrected chi connectivity index (χ0v) is 10.7. The largest absolute Gasteiger partial charge is 0.494 e. The molecule has 94 valence electrons. The van der Waals surface area contributed by atoms with Crippen molar-refractivity contribution in [1.82, 2.24) is 0 Å². The van der Waals surface area contributed by atoms with Crippen molar-refractivity contribution in [2.45, 2.75) is 33.0 Å². The predicted octanol–water partition coefficient (Wildman–Crippen LogP) is 1.47. The van der Waals surface area contributed by atoms with Gasteiger partial charge in [0.05, 0.1) is 6.61 Å². The smallest absolute Gasteiger partial charge is 0.410 e. The second-order valence-corrected chi connectivity index (χ2v) is 4.81. The second kappa shape index (κ2) is 5.62. The van der Waals surface area contributed by atoms with Gasteiger partial charge in [0.25, 0.3) is 0 Å². The molecule has 1 N–H and O–H groups in total. The van der Waals surface area contributed by atoms with Gasteiger partial charge in [-0.2, -0.15) is 0 Å². The summed E-state index contributed by atoms with van der Waals surface area (Å²) in [4.78, 5) is 0. The van der Waals surface area contributed by atoms with E-state index in [4.69, 9.17) is 14.4 Å². The number of hydrogen-bond acceptors (Lipinski definition) is 3. The summed E-state index contributed by atoms with van der Waals surface area (Å²) in [5.41, 5.74) is 0.559. The minimum atomic E-state index is -0.569. The highest BCUT2D eigenvalue weighted by Gasteiger charge is 2.26. The Morgan fingerprint density at radius 1 is 1.35 bits per heavy atom. The van der Waals surface area contributed by atoms with Crippen LogP contribution in [-0.2, 0) is 15.9 Å². The topological polar surface area (TPSA) is 38.7 Å². The number of rotatable bonds is 4. The Labute approximate surface area is 102 Å². The van der Waals surface area contributed by atoms with E-state index in [9.17, 15) is 4.39 Å². The van der Waals surface area contributed by atoms with Crippen LogP contribution in [-0.4, -0.2) is 24.9 Å². The fourth-order valence-corrected chi connectivity index (χ4v) is 1.44. The van der Waals surface area contributed by atoms with Crippen LogP contribution in [0.4, 0.5) is 4.39 Å². The molecule has 0 unspecified atom stereocenters. The number of aliphatic hydroxyl groups is 1. The van der Waals surface area contributed by atoms with E-state index >= 15 is 0 Å². The molecule has 0 aliphatic carbocycles. The average molecular weight is 240 g/mol. The van der Waals surface area contributed by atoms with Crippen molar-refractivity contribution < 1.29 is 18.8 Å². The summed E-state index contributed by atoms with van der Waals surface area (Å²) < 4.78 is 24.1. The van der Waals surface area contributed by atoms with Crippen molar-refractivity contribution in [2.24, 2.45) is 0 Å². The number of halogens is 1. The SMILES string of the molecule is COB(OC(C)(C)C)c1ccc(F)c(CO)c1. The van der Waals surface area contributed by atoms with E-state index in [0.717, 1.165) is 0 Å². The summed E-state index contributed by atoms with van der Waals surface area (Å²) in [7, 11) is 0.958. The third-order valence-electron chi connectivity index (χ3n) is 2.19. The summed E-state index contributed by atoms with van der Waals surface area (Å²) in [5, 5.41) is 9.01. The van der Waals surface area contributed by atoms with E-state index in [-0.39, 0.29) is 17.8 Å². The second-order valence-electron chi connectivity index (χ2n) is 4.81. The van der Waals surface area contributed by atoms with Crippen LogP contribution in [0, 0.1) is 5.82 Å². The Kier molecular flexibility index (Phi) is 4.68. The van der Waals surface area contributed by atoms with E-state index in [0.29, 0.717) is 5.46 Å². The van der Waals surface area contributed by atoms with Crippen LogP contribution >= 0.6 is 0 Å². The van der Waals surface area contributed by atoms with Gasteiger partial charge in [0, 0.05) is 18.3 Å². The molecule has 17 heavy (non-hydrogen) atoms. The highest BCUT2D eigenvalue weighted by Crippen LogP contribution is 2.11. The third-order valence-corrected chi connectivity index (χ3v) is 2.19. The van der Waals surface area contributed by atoms with Crippen LogP contribution in [0.3, 0.4) is 0 Å². The standard InChI is InChI=1S/C12H18BFO3/c1-12(2,3)17-13(16-4)10-5-6-11(14)9(7-10)8-15/h5-7,15H,8H2,1-4H3. The van der Waals surface area contributed by atoms with Gasteiger partial charge in [0.1, 0.15) is 5.82 Å². The maximum absolute atomic E-state index is 13.2. The summed E-state index contributed by atoms with van der Waals surface area (Å²) in [6.45, 7) is 5.39. The lowest BCUT2D eigenvalue weighted by Crippen LogP contribution is -2.42. The molecule has 1 aromatic rings. The van der Waals surface area contributed by atoms with Gasteiger partial charge < -0.3 is 14.4 Å². The van der Waals surface area contributed by atoms with Crippen LogP contribution in [0.2, 0.25) is 0 Å². The summed E-state index contributed by atoms with van der Waals surface area (Å²) in [6.07, 6.45) is 0. The van der Waals surface area contributed by atoms with Gasteiger partial charge >= 0.3 is 7.12 Å². The molecule has 0 atom stereocenters. The van der Waals surface area contributed by atoms with Crippen molar-refractivity contribution in [2.75, 3.05) is 7.11 Å². The van der Waals surface area contributed by atoms with E-state index in [1.807, 2.05) is 20.8 Å². The fourth-order valence-electron chi connectivity index (χ4n) is 1.44. The number of benzene rings is 1. The van der Waals surface area contributed by atoms with Crippen LogP contribution in [0.5, 0.6) is 0 Å². The van der Waals surface area contributed by atoms with Crippen molar-refractivity contribution in [1.29, 1.82) is 0 Å². The highest BCUT2D eigenvalue weighted by molar-refractivity contribution is 6.61. The van der Waals surface area contributed by atoms with Crippen molar-refractivity contribution in [3.05, 3.63) is 29.6 Å². The van der Waals surface area contributed by atoms with Crippen molar-refractivity contribution in [3.63, 3.8) is 0 Å². The van der Waals surface area contributed by atoms with Gasteiger partial charge in [-0.05, 0) is 32.3 Å². The van der Waals surface area contributed by atoms with Gasteiger partial charge in [-0.25, -0.2) is 4.39 Å². The molecular formula is C12H18BFO3. The lowest BCUT2D eigenvalue weighted by Gasteiger charge is -2.24. The summed E-state index contributed by atoms with van der Waals surface area (Å²) in [5.74, 6) is -0.429. The monoisotopic (exact) mass is 240 g/mol. The molecule has 0 saturated heterocycles. The fraction of sp³-hybridized carbons (Fsp3) is 0.500. The Morgan fingerprint density at radius 3 is 2.47 bits per heavy atom. The Morgan fingerprint density at radius 2 is 2.00 bits per heavy atom. The minimum Gasteiger partial charge on any atom is -0.410 e.